The highest BCUT2D eigenvalue weighted by atomic mass is 35.5. The molecule has 2 nitrogen and oxygen atoms in total. The number of hydrogen-bond acceptors (Lipinski definition) is 2. The molecular weight excluding hydrogens is 294 g/mol. The van der Waals surface area contributed by atoms with Crippen molar-refractivity contribution in [3.8, 4) is 5.75 Å². The quantitative estimate of drug-likeness (QED) is 0.836. The van der Waals surface area contributed by atoms with E-state index in [-0.39, 0.29) is 17.8 Å². The van der Waals surface area contributed by atoms with Gasteiger partial charge in [0.15, 0.2) is 0 Å². The molecule has 1 saturated heterocycles. The van der Waals surface area contributed by atoms with E-state index in [1.165, 1.54) is 44.5 Å². The summed E-state index contributed by atoms with van der Waals surface area (Å²) in [6, 6.07) is 7.85. The van der Waals surface area contributed by atoms with Crippen molar-refractivity contribution in [2.45, 2.75) is 52.4 Å². The molecule has 1 aromatic rings. The molecule has 0 spiro atoms. The number of benzene rings is 1. The predicted octanol–water partition coefficient (Wildman–Crippen LogP) is 4.85. The van der Waals surface area contributed by atoms with Gasteiger partial charge in [-0.15, -0.1) is 12.4 Å². The van der Waals surface area contributed by atoms with Gasteiger partial charge in [0, 0.05) is 6.54 Å². The van der Waals surface area contributed by atoms with E-state index in [9.17, 15) is 5.11 Å². The summed E-state index contributed by atoms with van der Waals surface area (Å²) in [5.74, 6) is 1.82. The van der Waals surface area contributed by atoms with Gasteiger partial charge in [-0.25, -0.2) is 0 Å². The second-order valence-electron chi connectivity index (χ2n) is 7.46. The summed E-state index contributed by atoms with van der Waals surface area (Å²) in [5.41, 5.74) is 1.48. The molecule has 2 atom stereocenters. The highest BCUT2D eigenvalue weighted by Crippen LogP contribution is 2.40. The molecule has 0 aromatic heterocycles. The summed E-state index contributed by atoms with van der Waals surface area (Å²) in [5, 5.41) is 9.75. The average molecular weight is 326 g/mol. The molecule has 1 aliphatic heterocycles. The maximum Gasteiger partial charge on any atom is 0.115 e. The number of nitrogens with zero attached hydrogens (tertiary/aromatic N) is 1. The van der Waals surface area contributed by atoms with Gasteiger partial charge in [0.25, 0.3) is 0 Å². The van der Waals surface area contributed by atoms with Crippen LogP contribution in [0.25, 0.3) is 0 Å². The van der Waals surface area contributed by atoms with Crippen LogP contribution in [-0.4, -0.2) is 29.6 Å². The molecule has 0 unspecified atom stereocenters. The minimum absolute atomic E-state index is 0. The van der Waals surface area contributed by atoms with Crippen molar-refractivity contribution < 1.29 is 5.11 Å². The van der Waals surface area contributed by atoms with Crippen molar-refractivity contribution in [1.29, 1.82) is 0 Å². The Hall–Kier alpha value is -0.730. The van der Waals surface area contributed by atoms with E-state index in [0.29, 0.717) is 11.7 Å². The van der Waals surface area contributed by atoms with Crippen LogP contribution in [0.4, 0.5) is 0 Å². The standard InChI is InChI=1S/C19H31NO.ClH/c1-15(2)7-6-11-20-12-10-19(4,16(3)14-20)17-8-5-9-18(21)13-17;/h5,8-9,13,15-16,21H,6-7,10-12,14H2,1-4H3;1H/t16-,19-;/m0./s1. The number of halogens is 1. The summed E-state index contributed by atoms with van der Waals surface area (Å²) in [7, 11) is 0. The van der Waals surface area contributed by atoms with Crippen LogP contribution in [0, 0.1) is 11.8 Å². The van der Waals surface area contributed by atoms with Crippen LogP contribution in [-0.2, 0) is 5.41 Å². The molecule has 0 radical (unpaired) electrons. The van der Waals surface area contributed by atoms with E-state index in [1.807, 2.05) is 12.1 Å². The Bertz CT molecular complexity index is 463. The van der Waals surface area contributed by atoms with Gasteiger partial charge in [-0.05, 0) is 67.3 Å². The van der Waals surface area contributed by atoms with Gasteiger partial charge in [-0.1, -0.05) is 39.8 Å². The third kappa shape index (κ3) is 4.63. The van der Waals surface area contributed by atoms with Gasteiger partial charge in [0.2, 0.25) is 0 Å². The maximum absolute atomic E-state index is 9.75. The highest BCUT2D eigenvalue weighted by molar-refractivity contribution is 5.85. The maximum atomic E-state index is 9.75. The average Bonchev–Trinajstić information content (AvgIpc) is 2.42. The Balaban J connectivity index is 0.00000242. The zero-order valence-corrected chi connectivity index (χ0v) is 15.3. The monoisotopic (exact) mass is 325 g/mol. The summed E-state index contributed by atoms with van der Waals surface area (Å²) in [6.07, 6.45) is 3.82. The van der Waals surface area contributed by atoms with E-state index in [4.69, 9.17) is 0 Å². The van der Waals surface area contributed by atoms with Crippen LogP contribution >= 0.6 is 12.4 Å². The topological polar surface area (TPSA) is 23.5 Å². The molecule has 126 valence electrons. The van der Waals surface area contributed by atoms with Crippen LogP contribution < -0.4 is 0 Å². The van der Waals surface area contributed by atoms with Gasteiger partial charge >= 0.3 is 0 Å². The number of aromatic hydroxyl groups is 1. The predicted molar refractivity (Wildman–Crippen MR) is 97.0 cm³/mol. The molecule has 0 aliphatic carbocycles. The summed E-state index contributed by atoms with van der Waals surface area (Å²) >= 11 is 0. The van der Waals surface area contributed by atoms with Crippen molar-refractivity contribution in [3.63, 3.8) is 0 Å². The van der Waals surface area contributed by atoms with Crippen LogP contribution in [0.5, 0.6) is 5.75 Å². The zero-order chi connectivity index (χ0) is 15.5. The fourth-order valence-electron chi connectivity index (χ4n) is 3.53. The van der Waals surface area contributed by atoms with Crippen LogP contribution in [0.15, 0.2) is 24.3 Å². The molecule has 0 bridgehead atoms. The second-order valence-corrected chi connectivity index (χ2v) is 7.46. The van der Waals surface area contributed by atoms with Gasteiger partial charge in [0.1, 0.15) is 5.75 Å². The Morgan fingerprint density at radius 2 is 2.09 bits per heavy atom. The first-order chi connectivity index (χ1) is 9.91. The van der Waals surface area contributed by atoms with Crippen molar-refractivity contribution in [1.82, 2.24) is 4.90 Å². The molecule has 2 rings (SSSR count). The summed E-state index contributed by atoms with van der Waals surface area (Å²) in [4.78, 5) is 2.62. The lowest BCUT2D eigenvalue weighted by Crippen LogP contribution is -2.47. The van der Waals surface area contributed by atoms with E-state index < -0.39 is 0 Å². The summed E-state index contributed by atoms with van der Waals surface area (Å²) in [6.45, 7) is 12.9. The largest absolute Gasteiger partial charge is 0.508 e. The highest BCUT2D eigenvalue weighted by Gasteiger charge is 2.37. The SMILES string of the molecule is CC(C)CCCN1CC[C@](C)(c2cccc(O)c2)[C@@H](C)C1.Cl. The van der Waals surface area contributed by atoms with Crippen molar-refractivity contribution in [2.75, 3.05) is 19.6 Å². The molecule has 0 saturated carbocycles. The molecule has 1 aliphatic rings. The van der Waals surface area contributed by atoms with E-state index in [1.54, 1.807) is 6.07 Å². The van der Waals surface area contributed by atoms with Crippen molar-refractivity contribution >= 4 is 12.4 Å². The number of hydrogen-bond donors (Lipinski definition) is 1. The number of likely N-dealkylation sites (tertiary alicyclic amines) is 1. The first-order valence-electron chi connectivity index (χ1n) is 8.43. The van der Waals surface area contributed by atoms with E-state index in [0.717, 1.165) is 5.92 Å². The third-order valence-corrected chi connectivity index (χ3v) is 5.33. The van der Waals surface area contributed by atoms with Crippen LogP contribution in [0.2, 0.25) is 0 Å². The normalized spacial score (nSPS) is 26.0. The van der Waals surface area contributed by atoms with Gasteiger partial charge in [0.05, 0.1) is 0 Å². The number of phenolic OH excluding ortho intramolecular Hbond substituents is 1. The molecule has 1 N–H and O–H groups in total. The first kappa shape index (κ1) is 19.3. The lowest BCUT2D eigenvalue weighted by molar-refractivity contribution is 0.108. The fraction of sp³-hybridized carbons (Fsp3) is 0.684. The lowest BCUT2D eigenvalue weighted by Gasteiger charge is -2.45. The van der Waals surface area contributed by atoms with Crippen molar-refractivity contribution in [3.05, 3.63) is 29.8 Å². The van der Waals surface area contributed by atoms with Gasteiger partial charge in [-0.2, -0.15) is 0 Å². The Morgan fingerprint density at radius 3 is 2.68 bits per heavy atom. The summed E-state index contributed by atoms with van der Waals surface area (Å²) < 4.78 is 0. The van der Waals surface area contributed by atoms with Crippen LogP contribution in [0.3, 0.4) is 0 Å². The lowest BCUT2D eigenvalue weighted by atomic mass is 9.68. The molecule has 1 aromatic carbocycles. The van der Waals surface area contributed by atoms with E-state index >= 15 is 0 Å². The fourth-order valence-corrected chi connectivity index (χ4v) is 3.53. The molecule has 3 heteroatoms. The molecule has 1 heterocycles. The first-order valence-corrected chi connectivity index (χ1v) is 8.43. The third-order valence-electron chi connectivity index (χ3n) is 5.33. The van der Waals surface area contributed by atoms with Crippen LogP contribution in [0.1, 0.15) is 52.5 Å². The molecule has 1 fully saturated rings. The number of piperidine rings is 1. The number of rotatable bonds is 5. The van der Waals surface area contributed by atoms with Gasteiger partial charge in [-0.3, -0.25) is 0 Å². The number of phenols is 1. The Labute approximate surface area is 142 Å². The molecule has 22 heavy (non-hydrogen) atoms. The zero-order valence-electron chi connectivity index (χ0n) is 14.5. The Kier molecular flexibility index (Phi) is 7.21. The minimum Gasteiger partial charge on any atom is -0.508 e. The Morgan fingerprint density at radius 1 is 1.36 bits per heavy atom. The van der Waals surface area contributed by atoms with Gasteiger partial charge < -0.3 is 10.0 Å². The van der Waals surface area contributed by atoms with Crippen molar-refractivity contribution in [2.24, 2.45) is 11.8 Å². The van der Waals surface area contributed by atoms with E-state index in [2.05, 4.69) is 38.7 Å². The molecular formula is C19H32ClNO. The smallest absolute Gasteiger partial charge is 0.115 e. The molecule has 0 amide bonds. The minimum atomic E-state index is 0. The second kappa shape index (κ2) is 8.21.